The second-order valence-corrected chi connectivity index (χ2v) is 5.88. The molecule has 1 N–H and O–H groups in total. The number of anilines is 1. The van der Waals surface area contributed by atoms with E-state index >= 15 is 0 Å². The Kier molecular flexibility index (Phi) is 3.87. The predicted octanol–water partition coefficient (Wildman–Crippen LogP) is 5.05. The van der Waals surface area contributed by atoms with Crippen molar-refractivity contribution in [3.05, 3.63) is 58.1 Å². The van der Waals surface area contributed by atoms with Gasteiger partial charge in [-0.05, 0) is 29.8 Å². The van der Waals surface area contributed by atoms with Gasteiger partial charge >= 0.3 is 0 Å². The molecule has 0 amide bonds. The van der Waals surface area contributed by atoms with Crippen molar-refractivity contribution in [2.75, 3.05) is 5.43 Å². The summed E-state index contributed by atoms with van der Waals surface area (Å²) in [6.07, 6.45) is 1.67. The van der Waals surface area contributed by atoms with E-state index in [-0.39, 0.29) is 0 Å². The molecule has 2 aromatic carbocycles. The number of rotatable bonds is 3. The fourth-order valence-corrected chi connectivity index (χ4v) is 2.80. The Morgan fingerprint density at radius 2 is 1.95 bits per heavy atom. The zero-order chi connectivity index (χ0) is 13.9. The number of aromatic nitrogens is 1. The molecule has 1 heterocycles. The van der Waals surface area contributed by atoms with Gasteiger partial charge in [-0.3, -0.25) is 5.43 Å². The summed E-state index contributed by atoms with van der Waals surface area (Å²) in [6.45, 7) is 0. The minimum absolute atomic E-state index is 0.510. The van der Waals surface area contributed by atoms with Crippen LogP contribution in [0.2, 0.25) is 10.0 Å². The number of hydrogen-bond donors (Lipinski definition) is 1. The van der Waals surface area contributed by atoms with Crippen LogP contribution in [0.1, 0.15) is 5.56 Å². The van der Waals surface area contributed by atoms with E-state index in [0.717, 1.165) is 20.9 Å². The van der Waals surface area contributed by atoms with Crippen LogP contribution in [0.5, 0.6) is 0 Å². The largest absolute Gasteiger partial charge is 0.253 e. The van der Waals surface area contributed by atoms with Gasteiger partial charge in [0.25, 0.3) is 0 Å². The maximum Gasteiger partial charge on any atom is 0.204 e. The number of halogens is 2. The minimum atomic E-state index is 0.510. The molecule has 100 valence electrons. The van der Waals surface area contributed by atoms with Gasteiger partial charge in [-0.25, -0.2) is 4.98 Å². The number of nitrogens with one attached hydrogen (secondary N) is 1. The summed E-state index contributed by atoms with van der Waals surface area (Å²) < 4.78 is 1.12. The Labute approximate surface area is 129 Å². The molecule has 0 saturated heterocycles. The molecular weight excluding hydrogens is 313 g/mol. The van der Waals surface area contributed by atoms with E-state index in [0.29, 0.717) is 10.0 Å². The van der Waals surface area contributed by atoms with Crippen molar-refractivity contribution in [2.45, 2.75) is 0 Å². The lowest BCUT2D eigenvalue weighted by Crippen LogP contribution is -1.89. The van der Waals surface area contributed by atoms with Gasteiger partial charge in [0.1, 0.15) is 0 Å². The van der Waals surface area contributed by atoms with Crippen LogP contribution in [0.25, 0.3) is 10.2 Å². The second kappa shape index (κ2) is 5.79. The van der Waals surface area contributed by atoms with E-state index in [4.69, 9.17) is 23.2 Å². The highest BCUT2D eigenvalue weighted by molar-refractivity contribution is 7.22. The van der Waals surface area contributed by atoms with Gasteiger partial charge < -0.3 is 0 Å². The molecule has 0 aliphatic carbocycles. The smallest absolute Gasteiger partial charge is 0.204 e. The molecule has 20 heavy (non-hydrogen) atoms. The Bertz CT molecular complexity index is 750. The third-order valence-electron chi connectivity index (χ3n) is 2.61. The third-order valence-corrected chi connectivity index (χ3v) is 4.29. The summed E-state index contributed by atoms with van der Waals surface area (Å²) in [5.74, 6) is 0. The first-order valence-corrected chi connectivity index (χ1v) is 7.39. The molecular formula is C14H9Cl2N3S. The maximum absolute atomic E-state index is 5.94. The zero-order valence-electron chi connectivity index (χ0n) is 10.2. The molecule has 0 atom stereocenters. The standard InChI is InChI=1S/C14H9Cl2N3S/c15-10-6-5-9(7-11(10)16)8-17-19-14-18-12-3-1-2-4-13(12)20-14/h1-8H,(H,18,19). The van der Waals surface area contributed by atoms with Crippen molar-refractivity contribution in [2.24, 2.45) is 5.10 Å². The molecule has 6 heteroatoms. The fraction of sp³-hybridized carbons (Fsp3) is 0. The summed E-state index contributed by atoms with van der Waals surface area (Å²) >= 11 is 13.3. The van der Waals surface area contributed by atoms with Crippen LogP contribution in [0.4, 0.5) is 5.13 Å². The molecule has 0 spiro atoms. The van der Waals surface area contributed by atoms with Crippen LogP contribution < -0.4 is 5.43 Å². The van der Waals surface area contributed by atoms with Crippen molar-refractivity contribution in [3.63, 3.8) is 0 Å². The molecule has 0 bridgehead atoms. The number of hydrazone groups is 1. The van der Waals surface area contributed by atoms with Crippen LogP contribution in [0, 0.1) is 0 Å². The highest BCUT2D eigenvalue weighted by Gasteiger charge is 2.01. The van der Waals surface area contributed by atoms with Gasteiger partial charge in [-0.2, -0.15) is 5.10 Å². The van der Waals surface area contributed by atoms with E-state index in [1.807, 2.05) is 30.3 Å². The SMILES string of the molecule is Clc1ccc(C=NNc2nc3ccccc3s2)cc1Cl. The molecule has 1 aromatic heterocycles. The van der Waals surface area contributed by atoms with Crippen molar-refractivity contribution in [1.82, 2.24) is 4.98 Å². The zero-order valence-corrected chi connectivity index (χ0v) is 12.5. The third kappa shape index (κ3) is 2.93. The molecule has 0 radical (unpaired) electrons. The van der Waals surface area contributed by atoms with Crippen molar-refractivity contribution in [3.8, 4) is 0 Å². The van der Waals surface area contributed by atoms with E-state index in [9.17, 15) is 0 Å². The molecule has 0 aliphatic rings. The van der Waals surface area contributed by atoms with Crippen LogP contribution in [-0.2, 0) is 0 Å². The second-order valence-electron chi connectivity index (χ2n) is 4.03. The predicted molar refractivity (Wildman–Crippen MR) is 87.3 cm³/mol. The lowest BCUT2D eigenvalue weighted by atomic mass is 10.2. The Hall–Kier alpha value is -1.62. The van der Waals surface area contributed by atoms with Crippen molar-refractivity contribution < 1.29 is 0 Å². The number of fused-ring (bicyclic) bond motifs is 1. The van der Waals surface area contributed by atoms with E-state index in [1.54, 1.807) is 29.7 Å². The number of nitrogens with zero attached hydrogens (tertiary/aromatic N) is 2. The molecule has 3 nitrogen and oxygen atoms in total. The Morgan fingerprint density at radius 3 is 2.75 bits per heavy atom. The van der Waals surface area contributed by atoms with Crippen LogP contribution in [0.3, 0.4) is 0 Å². The summed E-state index contributed by atoms with van der Waals surface area (Å²) in [7, 11) is 0. The number of hydrogen-bond acceptors (Lipinski definition) is 4. The van der Waals surface area contributed by atoms with Crippen molar-refractivity contribution in [1.29, 1.82) is 0 Å². The van der Waals surface area contributed by atoms with Crippen molar-refractivity contribution >= 4 is 56.1 Å². The molecule has 0 saturated carbocycles. The van der Waals surface area contributed by atoms with Crippen LogP contribution in [0.15, 0.2) is 47.6 Å². The van der Waals surface area contributed by atoms with Gasteiger partial charge in [0.2, 0.25) is 5.13 Å². The molecule has 3 aromatic rings. The Balaban J connectivity index is 1.75. The van der Waals surface area contributed by atoms with Crippen LogP contribution in [-0.4, -0.2) is 11.2 Å². The Morgan fingerprint density at radius 1 is 1.10 bits per heavy atom. The van der Waals surface area contributed by atoms with E-state index in [1.165, 1.54) is 0 Å². The average molecular weight is 322 g/mol. The van der Waals surface area contributed by atoms with Gasteiger partial charge in [-0.15, -0.1) is 0 Å². The highest BCUT2D eigenvalue weighted by atomic mass is 35.5. The lowest BCUT2D eigenvalue weighted by Gasteiger charge is -1.97. The highest BCUT2D eigenvalue weighted by Crippen LogP contribution is 2.25. The topological polar surface area (TPSA) is 37.3 Å². The first kappa shape index (κ1) is 13.4. The summed E-state index contributed by atoms with van der Waals surface area (Å²) in [5.41, 5.74) is 4.75. The summed E-state index contributed by atoms with van der Waals surface area (Å²) in [5, 5.41) is 5.94. The minimum Gasteiger partial charge on any atom is -0.253 e. The monoisotopic (exact) mass is 321 g/mol. The molecule has 0 unspecified atom stereocenters. The van der Waals surface area contributed by atoms with Gasteiger partial charge in [-0.1, -0.05) is 52.7 Å². The number of benzene rings is 2. The molecule has 0 aliphatic heterocycles. The number of para-hydroxylation sites is 1. The van der Waals surface area contributed by atoms with E-state index in [2.05, 4.69) is 15.5 Å². The first-order chi connectivity index (χ1) is 9.72. The van der Waals surface area contributed by atoms with Gasteiger partial charge in [0.05, 0.1) is 26.5 Å². The molecule has 0 fully saturated rings. The summed E-state index contributed by atoms with van der Waals surface area (Å²) in [4.78, 5) is 4.42. The maximum atomic E-state index is 5.94. The lowest BCUT2D eigenvalue weighted by molar-refractivity contribution is 1.31. The van der Waals surface area contributed by atoms with E-state index < -0.39 is 0 Å². The fourth-order valence-electron chi connectivity index (χ4n) is 1.67. The quantitative estimate of drug-likeness (QED) is 0.541. The molecule has 3 rings (SSSR count). The van der Waals surface area contributed by atoms with Crippen LogP contribution >= 0.6 is 34.5 Å². The van der Waals surface area contributed by atoms with Gasteiger partial charge in [0.15, 0.2) is 0 Å². The average Bonchev–Trinajstić information content (AvgIpc) is 2.85. The number of thiazole rings is 1. The van der Waals surface area contributed by atoms with Gasteiger partial charge in [0, 0.05) is 0 Å². The first-order valence-electron chi connectivity index (χ1n) is 5.82. The normalized spacial score (nSPS) is 11.3. The summed E-state index contributed by atoms with van der Waals surface area (Å²) in [6, 6.07) is 13.3.